The molecule has 0 saturated carbocycles. The molecule has 0 spiro atoms. The number of rotatable bonds is 9. The molecule has 34 heavy (non-hydrogen) atoms. The summed E-state index contributed by atoms with van der Waals surface area (Å²) in [5.74, 6) is -0.461. The molecule has 0 aromatic heterocycles. The molecule has 0 N–H and O–H groups in total. The van der Waals surface area contributed by atoms with E-state index in [4.69, 9.17) is 9.47 Å². The summed E-state index contributed by atoms with van der Waals surface area (Å²) in [7, 11) is 0. The largest absolute Gasteiger partial charge is 0.459 e. The monoisotopic (exact) mass is 462 g/mol. The standard InChI is InChI=1S/C29H31FO4/c1-5-21(6-2)17-20(4)33-28(31)24-11-9-22(10-12-24)23-13-15-26(16-14-23)34-29(32)25-8-7-19(3)27(30)18-25/h7-16,18,20-21H,5-6,17H2,1-4H3/t20-/m1/s1. The maximum absolute atomic E-state index is 13.7. The number of aryl methyl sites for hydroxylation is 1. The lowest BCUT2D eigenvalue weighted by molar-refractivity contribution is 0.0285. The van der Waals surface area contributed by atoms with Crippen LogP contribution in [-0.2, 0) is 4.74 Å². The van der Waals surface area contributed by atoms with E-state index in [1.54, 1.807) is 37.3 Å². The Balaban J connectivity index is 1.60. The Bertz CT molecular complexity index is 1120. The molecule has 5 heteroatoms. The normalized spacial score (nSPS) is 11.8. The van der Waals surface area contributed by atoms with Gasteiger partial charge < -0.3 is 9.47 Å². The average Bonchev–Trinajstić information content (AvgIpc) is 2.84. The molecule has 0 bridgehead atoms. The van der Waals surface area contributed by atoms with Crippen molar-refractivity contribution >= 4 is 11.9 Å². The van der Waals surface area contributed by atoms with Crippen LogP contribution in [0.3, 0.4) is 0 Å². The van der Waals surface area contributed by atoms with E-state index in [1.165, 1.54) is 12.1 Å². The van der Waals surface area contributed by atoms with Crippen LogP contribution in [0.25, 0.3) is 11.1 Å². The molecule has 1 atom stereocenters. The first-order chi connectivity index (χ1) is 16.3. The summed E-state index contributed by atoms with van der Waals surface area (Å²) in [6.07, 6.45) is 2.90. The van der Waals surface area contributed by atoms with Crippen LogP contribution in [0.4, 0.5) is 4.39 Å². The van der Waals surface area contributed by atoms with Crippen molar-refractivity contribution in [2.24, 2.45) is 5.92 Å². The summed E-state index contributed by atoms with van der Waals surface area (Å²) in [4.78, 5) is 24.7. The Labute approximate surface area is 200 Å². The van der Waals surface area contributed by atoms with E-state index in [0.29, 0.717) is 22.8 Å². The van der Waals surface area contributed by atoms with Gasteiger partial charge in [0.2, 0.25) is 0 Å². The van der Waals surface area contributed by atoms with Gasteiger partial charge in [-0.1, -0.05) is 57.0 Å². The van der Waals surface area contributed by atoms with Crippen molar-refractivity contribution in [3.63, 3.8) is 0 Å². The molecule has 0 aliphatic heterocycles. The van der Waals surface area contributed by atoms with E-state index in [1.807, 2.05) is 31.2 Å². The van der Waals surface area contributed by atoms with Gasteiger partial charge >= 0.3 is 11.9 Å². The quantitative estimate of drug-likeness (QED) is 0.246. The maximum atomic E-state index is 13.7. The zero-order valence-corrected chi connectivity index (χ0v) is 20.1. The first kappa shape index (κ1) is 25.2. The van der Waals surface area contributed by atoms with Gasteiger partial charge in [0.25, 0.3) is 0 Å². The Kier molecular flexibility index (Phi) is 8.58. The van der Waals surface area contributed by atoms with Gasteiger partial charge in [0.15, 0.2) is 0 Å². The number of carbonyl (C=O) groups excluding carboxylic acids is 2. The summed E-state index contributed by atoms with van der Waals surface area (Å²) < 4.78 is 24.7. The van der Waals surface area contributed by atoms with Gasteiger partial charge in [0, 0.05) is 0 Å². The molecular formula is C29H31FO4. The van der Waals surface area contributed by atoms with E-state index in [-0.39, 0.29) is 17.6 Å². The number of carbonyl (C=O) groups is 2. The second-order valence-corrected chi connectivity index (χ2v) is 8.59. The lowest BCUT2D eigenvalue weighted by atomic mass is 9.97. The van der Waals surface area contributed by atoms with Gasteiger partial charge in [-0.25, -0.2) is 14.0 Å². The minimum atomic E-state index is -0.618. The van der Waals surface area contributed by atoms with Crippen molar-refractivity contribution in [3.8, 4) is 16.9 Å². The van der Waals surface area contributed by atoms with Crippen molar-refractivity contribution in [1.29, 1.82) is 0 Å². The maximum Gasteiger partial charge on any atom is 0.343 e. The minimum absolute atomic E-state index is 0.122. The van der Waals surface area contributed by atoms with Crippen LogP contribution in [-0.4, -0.2) is 18.0 Å². The summed E-state index contributed by atoms with van der Waals surface area (Å²) in [5.41, 5.74) is 2.96. The van der Waals surface area contributed by atoms with Crippen molar-refractivity contribution in [2.45, 2.75) is 53.1 Å². The van der Waals surface area contributed by atoms with Gasteiger partial charge in [-0.15, -0.1) is 0 Å². The highest BCUT2D eigenvalue weighted by atomic mass is 19.1. The summed E-state index contributed by atoms with van der Waals surface area (Å²) in [5, 5.41) is 0. The Morgan fingerprint density at radius 1 is 0.824 bits per heavy atom. The van der Waals surface area contributed by atoms with Gasteiger partial charge in [-0.05, 0) is 79.3 Å². The molecule has 0 aliphatic rings. The summed E-state index contributed by atoms with van der Waals surface area (Å²) >= 11 is 0. The van der Waals surface area contributed by atoms with E-state index < -0.39 is 11.8 Å². The van der Waals surface area contributed by atoms with Crippen LogP contribution < -0.4 is 4.74 Å². The van der Waals surface area contributed by atoms with Gasteiger partial charge in [0.05, 0.1) is 17.2 Å². The predicted molar refractivity (Wildman–Crippen MR) is 132 cm³/mol. The average molecular weight is 463 g/mol. The lowest BCUT2D eigenvalue weighted by Gasteiger charge is -2.18. The molecule has 0 saturated heterocycles. The van der Waals surface area contributed by atoms with E-state index in [0.717, 1.165) is 30.4 Å². The second kappa shape index (κ2) is 11.6. The number of ether oxygens (including phenoxy) is 2. The van der Waals surface area contributed by atoms with E-state index in [9.17, 15) is 14.0 Å². The Hall–Kier alpha value is -3.47. The van der Waals surface area contributed by atoms with Crippen molar-refractivity contribution < 1.29 is 23.5 Å². The number of benzene rings is 3. The number of hydrogen-bond donors (Lipinski definition) is 0. The van der Waals surface area contributed by atoms with E-state index in [2.05, 4.69) is 13.8 Å². The molecule has 3 aromatic carbocycles. The highest BCUT2D eigenvalue weighted by Gasteiger charge is 2.16. The van der Waals surface area contributed by atoms with Gasteiger partial charge in [0.1, 0.15) is 11.6 Å². The van der Waals surface area contributed by atoms with Crippen molar-refractivity contribution in [1.82, 2.24) is 0 Å². The Morgan fingerprint density at radius 2 is 1.38 bits per heavy atom. The first-order valence-electron chi connectivity index (χ1n) is 11.7. The van der Waals surface area contributed by atoms with Crippen molar-refractivity contribution in [2.75, 3.05) is 0 Å². The van der Waals surface area contributed by atoms with Gasteiger partial charge in [-0.2, -0.15) is 0 Å². The fourth-order valence-corrected chi connectivity index (χ4v) is 3.79. The third kappa shape index (κ3) is 6.53. The van der Waals surface area contributed by atoms with E-state index >= 15 is 0 Å². The number of esters is 2. The van der Waals surface area contributed by atoms with Gasteiger partial charge in [-0.3, -0.25) is 0 Å². The molecule has 0 heterocycles. The molecule has 178 valence electrons. The molecule has 3 rings (SSSR count). The van der Waals surface area contributed by atoms with Crippen LogP contribution in [0.1, 0.15) is 66.3 Å². The molecule has 0 amide bonds. The SMILES string of the molecule is CCC(CC)C[C@@H](C)OC(=O)c1ccc(-c2ccc(OC(=O)c3ccc(C)c(F)c3)cc2)cc1. The predicted octanol–water partition coefficient (Wildman–Crippen LogP) is 7.39. The third-order valence-corrected chi connectivity index (χ3v) is 6.05. The number of hydrogen-bond acceptors (Lipinski definition) is 4. The summed E-state index contributed by atoms with van der Waals surface area (Å²) in [6, 6.07) is 18.5. The third-order valence-electron chi connectivity index (χ3n) is 6.05. The van der Waals surface area contributed by atoms with Crippen LogP contribution in [0.5, 0.6) is 5.75 Å². The first-order valence-corrected chi connectivity index (χ1v) is 11.7. The molecule has 0 unspecified atom stereocenters. The molecule has 4 nitrogen and oxygen atoms in total. The molecule has 3 aromatic rings. The van der Waals surface area contributed by atoms with Crippen LogP contribution >= 0.6 is 0 Å². The highest BCUT2D eigenvalue weighted by Crippen LogP contribution is 2.24. The smallest absolute Gasteiger partial charge is 0.343 e. The molecular weight excluding hydrogens is 431 g/mol. The van der Waals surface area contributed by atoms with Crippen LogP contribution in [0, 0.1) is 18.7 Å². The lowest BCUT2D eigenvalue weighted by Crippen LogP contribution is -2.18. The fraction of sp³-hybridized carbons (Fsp3) is 0.310. The van der Waals surface area contributed by atoms with Crippen LogP contribution in [0.2, 0.25) is 0 Å². The molecule has 0 aliphatic carbocycles. The summed E-state index contributed by atoms with van der Waals surface area (Å²) in [6.45, 7) is 7.88. The Morgan fingerprint density at radius 3 is 1.94 bits per heavy atom. The fourth-order valence-electron chi connectivity index (χ4n) is 3.79. The second-order valence-electron chi connectivity index (χ2n) is 8.59. The molecule has 0 radical (unpaired) electrons. The topological polar surface area (TPSA) is 52.6 Å². The zero-order chi connectivity index (χ0) is 24.7. The van der Waals surface area contributed by atoms with Crippen LogP contribution in [0.15, 0.2) is 66.7 Å². The van der Waals surface area contributed by atoms with Crippen molar-refractivity contribution in [3.05, 3.63) is 89.2 Å². The highest BCUT2D eigenvalue weighted by molar-refractivity contribution is 5.91. The zero-order valence-electron chi connectivity index (χ0n) is 20.1. The molecule has 0 fully saturated rings. The number of halogens is 1. The minimum Gasteiger partial charge on any atom is -0.459 e.